The second kappa shape index (κ2) is 8.34. The molecule has 29 heavy (non-hydrogen) atoms. The number of urea groups is 1. The fraction of sp³-hybridized carbons (Fsp3) is 0. The number of aromatic nitrogens is 2. The number of hydrogen-bond donors (Lipinski definition) is 2. The Kier molecular flexibility index (Phi) is 5.46. The Labute approximate surface area is 176 Å². The molecule has 0 aliphatic carbocycles. The number of ether oxygens (including phenoxy) is 1. The lowest BCUT2D eigenvalue weighted by Crippen LogP contribution is -2.19. The van der Waals surface area contributed by atoms with E-state index in [1.54, 1.807) is 60.9 Å². The van der Waals surface area contributed by atoms with Crippen LogP contribution >= 0.6 is 23.2 Å². The summed E-state index contributed by atoms with van der Waals surface area (Å²) in [7, 11) is 0. The van der Waals surface area contributed by atoms with E-state index in [2.05, 4.69) is 20.6 Å². The summed E-state index contributed by atoms with van der Waals surface area (Å²) >= 11 is 11.8. The molecule has 8 heteroatoms. The number of nitrogens with one attached hydrogen (secondary N) is 2. The summed E-state index contributed by atoms with van der Waals surface area (Å²) in [5.41, 5.74) is 2.62. The fourth-order valence-corrected chi connectivity index (χ4v) is 2.95. The van der Waals surface area contributed by atoms with Crippen LogP contribution in [0.1, 0.15) is 0 Å². The number of fused-ring (bicyclic) bond motifs is 1. The van der Waals surface area contributed by atoms with Gasteiger partial charge in [0, 0.05) is 35.9 Å². The van der Waals surface area contributed by atoms with Crippen molar-refractivity contribution in [3.8, 4) is 11.5 Å². The van der Waals surface area contributed by atoms with Gasteiger partial charge < -0.3 is 15.4 Å². The van der Waals surface area contributed by atoms with E-state index in [4.69, 9.17) is 27.9 Å². The van der Waals surface area contributed by atoms with Crippen molar-refractivity contribution in [2.45, 2.75) is 0 Å². The van der Waals surface area contributed by atoms with E-state index >= 15 is 0 Å². The average molecular weight is 425 g/mol. The lowest BCUT2D eigenvalue weighted by atomic mass is 10.2. The number of carbonyl (C=O) groups is 1. The monoisotopic (exact) mass is 424 g/mol. The molecule has 0 aliphatic heterocycles. The van der Waals surface area contributed by atoms with E-state index in [0.29, 0.717) is 32.9 Å². The fourth-order valence-electron chi connectivity index (χ4n) is 2.65. The van der Waals surface area contributed by atoms with Gasteiger partial charge in [0.2, 0.25) is 0 Å². The zero-order valence-corrected chi connectivity index (χ0v) is 16.4. The first-order chi connectivity index (χ1) is 14.1. The van der Waals surface area contributed by atoms with Gasteiger partial charge in [-0.3, -0.25) is 9.97 Å². The number of rotatable bonds is 4. The van der Waals surface area contributed by atoms with E-state index < -0.39 is 6.03 Å². The molecule has 1 heterocycles. The number of halogens is 2. The zero-order chi connectivity index (χ0) is 20.2. The Hall–Kier alpha value is -3.35. The molecule has 4 rings (SSSR count). The molecule has 0 unspecified atom stereocenters. The van der Waals surface area contributed by atoms with Crippen molar-refractivity contribution in [1.82, 2.24) is 9.97 Å². The highest BCUT2D eigenvalue weighted by molar-refractivity contribution is 6.42. The van der Waals surface area contributed by atoms with Gasteiger partial charge in [0.25, 0.3) is 0 Å². The van der Waals surface area contributed by atoms with Crippen molar-refractivity contribution in [1.29, 1.82) is 0 Å². The zero-order valence-electron chi connectivity index (χ0n) is 14.9. The number of anilines is 2. The van der Waals surface area contributed by atoms with Gasteiger partial charge in [0.05, 0.1) is 21.1 Å². The van der Waals surface area contributed by atoms with E-state index in [9.17, 15) is 4.79 Å². The van der Waals surface area contributed by atoms with Crippen molar-refractivity contribution >= 4 is 51.6 Å². The number of carbonyl (C=O) groups excluding carboxylic acids is 1. The van der Waals surface area contributed by atoms with Crippen LogP contribution in [0, 0.1) is 0 Å². The second-order valence-electron chi connectivity index (χ2n) is 6.04. The van der Waals surface area contributed by atoms with Gasteiger partial charge in [0.1, 0.15) is 11.5 Å². The SMILES string of the molecule is O=C(Nc1cccc(Oc2ccc3nccnc3c2)c1)Nc1ccc(Cl)c(Cl)c1. The Balaban J connectivity index is 1.44. The molecule has 0 aliphatic rings. The third kappa shape index (κ3) is 4.74. The van der Waals surface area contributed by atoms with Crippen molar-refractivity contribution in [3.63, 3.8) is 0 Å². The van der Waals surface area contributed by atoms with Crippen LogP contribution in [0.2, 0.25) is 10.0 Å². The minimum absolute atomic E-state index is 0.361. The maximum absolute atomic E-state index is 12.2. The minimum Gasteiger partial charge on any atom is -0.457 e. The normalized spacial score (nSPS) is 10.6. The summed E-state index contributed by atoms with van der Waals surface area (Å²) in [6.07, 6.45) is 3.27. The molecule has 0 bridgehead atoms. The Morgan fingerprint density at radius 2 is 1.48 bits per heavy atom. The summed E-state index contributed by atoms with van der Waals surface area (Å²) in [6, 6.07) is 16.9. The topological polar surface area (TPSA) is 76.1 Å². The number of benzene rings is 3. The van der Waals surface area contributed by atoms with Crippen molar-refractivity contribution in [2.75, 3.05) is 10.6 Å². The summed E-state index contributed by atoms with van der Waals surface area (Å²) in [5.74, 6) is 1.19. The van der Waals surface area contributed by atoms with Gasteiger partial charge in [-0.25, -0.2) is 4.79 Å². The third-order valence-electron chi connectivity index (χ3n) is 3.95. The molecule has 1 aromatic heterocycles. The number of nitrogens with zero attached hydrogens (tertiary/aromatic N) is 2. The predicted molar refractivity (Wildman–Crippen MR) is 115 cm³/mol. The molecule has 2 N–H and O–H groups in total. The van der Waals surface area contributed by atoms with Crippen molar-refractivity contribution in [2.24, 2.45) is 0 Å². The van der Waals surface area contributed by atoms with E-state index in [1.165, 1.54) is 0 Å². The largest absolute Gasteiger partial charge is 0.457 e. The molecular formula is C21H14Cl2N4O2. The van der Waals surface area contributed by atoms with Crippen molar-refractivity contribution in [3.05, 3.63) is 83.1 Å². The van der Waals surface area contributed by atoms with Crippen LogP contribution in [-0.4, -0.2) is 16.0 Å². The molecule has 0 atom stereocenters. The maximum atomic E-state index is 12.2. The van der Waals surface area contributed by atoms with Gasteiger partial charge in [0.15, 0.2) is 0 Å². The quantitative estimate of drug-likeness (QED) is 0.398. The number of amides is 2. The van der Waals surface area contributed by atoms with Gasteiger partial charge >= 0.3 is 6.03 Å². The number of hydrogen-bond acceptors (Lipinski definition) is 4. The smallest absolute Gasteiger partial charge is 0.323 e. The van der Waals surface area contributed by atoms with Crippen LogP contribution in [-0.2, 0) is 0 Å². The van der Waals surface area contributed by atoms with Crippen LogP contribution in [0.3, 0.4) is 0 Å². The van der Waals surface area contributed by atoms with E-state index in [0.717, 1.165) is 11.0 Å². The Morgan fingerprint density at radius 1 is 0.759 bits per heavy atom. The van der Waals surface area contributed by atoms with Gasteiger partial charge in [-0.2, -0.15) is 0 Å². The summed E-state index contributed by atoms with van der Waals surface area (Å²) < 4.78 is 5.88. The third-order valence-corrected chi connectivity index (χ3v) is 4.68. The highest BCUT2D eigenvalue weighted by Gasteiger charge is 2.07. The first-order valence-electron chi connectivity index (χ1n) is 8.58. The molecule has 4 aromatic rings. The lowest BCUT2D eigenvalue weighted by molar-refractivity contribution is 0.262. The highest BCUT2D eigenvalue weighted by atomic mass is 35.5. The van der Waals surface area contributed by atoms with Crippen LogP contribution < -0.4 is 15.4 Å². The predicted octanol–water partition coefficient (Wildman–Crippen LogP) is 6.37. The van der Waals surface area contributed by atoms with Crippen LogP contribution in [0.25, 0.3) is 11.0 Å². The van der Waals surface area contributed by atoms with Crippen LogP contribution in [0.5, 0.6) is 11.5 Å². The second-order valence-corrected chi connectivity index (χ2v) is 6.86. The lowest BCUT2D eigenvalue weighted by Gasteiger charge is -2.11. The first-order valence-corrected chi connectivity index (χ1v) is 9.34. The summed E-state index contributed by atoms with van der Waals surface area (Å²) in [5, 5.41) is 6.23. The average Bonchev–Trinajstić information content (AvgIpc) is 2.71. The molecule has 0 saturated heterocycles. The van der Waals surface area contributed by atoms with Gasteiger partial charge in [-0.05, 0) is 42.5 Å². The first kappa shape index (κ1) is 19.0. The van der Waals surface area contributed by atoms with Crippen LogP contribution in [0.15, 0.2) is 73.1 Å². The molecule has 3 aromatic carbocycles. The van der Waals surface area contributed by atoms with E-state index in [1.807, 2.05) is 12.1 Å². The van der Waals surface area contributed by atoms with Gasteiger partial charge in [-0.1, -0.05) is 29.3 Å². The summed E-state index contributed by atoms with van der Waals surface area (Å²) in [6.45, 7) is 0. The Bertz CT molecular complexity index is 1200. The van der Waals surface area contributed by atoms with E-state index in [-0.39, 0.29) is 0 Å². The highest BCUT2D eigenvalue weighted by Crippen LogP contribution is 2.27. The van der Waals surface area contributed by atoms with Crippen molar-refractivity contribution < 1.29 is 9.53 Å². The molecule has 6 nitrogen and oxygen atoms in total. The molecule has 0 radical (unpaired) electrons. The summed E-state index contributed by atoms with van der Waals surface area (Å²) in [4.78, 5) is 20.7. The van der Waals surface area contributed by atoms with Crippen LogP contribution in [0.4, 0.5) is 16.2 Å². The molecule has 0 spiro atoms. The standard InChI is InChI=1S/C21H14Cl2N4O2/c22-17-6-4-14(11-18(17)23)27-21(28)26-13-2-1-3-15(10-13)29-16-5-7-19-20(12-16)25-9-8-24-19/h1-12H,(H2,26,27,28). The maximum Gasteiger partial charge on any atom is 0.323 e. The Morgan fingerprint density at radius 3 is 2.28 bits per heavy atom. The minimum atomic E-state index is -0.415. The van der Waals surface area contributed by atoms with Gasteiger partial charge in [-0.15, -0.1) is 0 Å². The molecular weight excluding hydrogens is 411 g/mol. The molecule has 0 fully saturated rings. The molecule has 0 saturated carbocycles. The molecule has 144 valence electrons. The molecule has 2 amide bonds.